The van der Waals surface area contributed by atoms with Gasteiger partial charge in [0.2, 0.25) is 0 Å². The number of nitriles is 1. The van der Waals surface area contributed by atoms with Crippen LogP contribution < -0.4 is 5.32 Å². The zero-order valence-electron chi connectivity index (χ0n) is 12.5. The van der Waals surface area contributed by atoms with Crippen LogP contribution >= 0.6 is 0 Å². The van der Waals surface area contributed by atoms with Crippen molar-refractivity contribution in [3.8, 4) is 6.07 Å². The SMILES string of the molecule is CCNC(C)(C#N)CCCCN(C)CCCOC. The first-order valence-corrected chi connectivity index (χ1v) is 6.91. The van der Waals surface area contributed by atoms with E-state index >= 15 is 0 Å². The summed E-state index contributed by atoms with van der Waals surface area (Å²) in [5, 5.41) is 12.4. The van der Waals surface area contributed by atoms with Crippen LogP contribution in [0.5, 0.6) is 0 Å². The van der Waals surface area contributed by atoms with E-state index in [9.17, 15) is 0 Å². The van der Waals surface area contributed by atoms with Crippen molar-refractivity contribution in [1.82, 2.24) is 10.2 Å². The zero-order chi connectivity index (χ0) is 13.9. The van der Waals surface area contributed by atoms with E-state index in [-0.39, 0.29) is 5.54 Å². The Balaban J connectivity index is 3.62. The lowest BCUT2D eigenvalue weighted by molar-refractivity contribution is 0.178. The highest BCUT2D eigenvalue weighted by atomic mass is 16.5. The third-order valence-electron chi connectivity index (χ3n) is 3.17. The third kappa shape index (κ3) is 8.46. The van der Waals surface area contributed by atoms with E-state index in [1.165, 1.54) is 0 Å². The summed E-state index contributed by atoms with van der Waals surface area (Å²) in [5.41, 5.74) is -0.358. The molecular weight excluding hydrogens is 226 g/mol. The van der Waals surface area contributed by atoms with Gasteiger partial charge in [-0.2, -0.15) is 5.26 Å². The Kier molecular flexibility index (Phi) is 9.95. The van der Waals surface area contributed by atoms with Crippen LogP contribution in [0.1, 0.15) is 39.5 Å². The molecule has 18 heavy (non-hydrogen) atoms. The molecule has 0 rings (SSSR count). The van der Waals surface area contributed by atoms with Crippen molar-refractivity contribution in [2.24, 2.45) is 0 Å². The summed E-state index contributed by atoms with van der Waals surface area (Å²) in [5.74, 6) is 0. The van der Waals surface area contributed by atoms with Gasteiger partial charge in [0.25, 0.3) is 0 Å². The Morgan fingerprint density at radius 3 is 2.50 bits per heavy atom. The summed E-state index contributed by atoms with van der Waals surface area (Å²) in [6.45, 7) is 7.88. The van der Waals surface area contributed by atoms with Gasteiger partial charge in [0, 0.05) is 20.3 Å². The standard InChI is InChI=1S/C14H29N3O/c1-5-16-14(2,13-15)9-6-7-10-17(3)11-8-12-18-4/h16H,5-12H2,1-4H3. The molecule has 4 nitrogen and oxygen atoms in total. The lowest BCUT2D eigenvalue weighted by Gasteiger charge is -2.23. The fraction of sp³-hybridized carbons (Fsp3) is 0.929. The van der Waals surface area contributed by atoms with Crippen LogP contribution in [0.15, 0.2) is 0 Å². The molecular formula is C14H29N3O. The molecule has 0 bridgehead atoms. The minimum absolute atomic E-state index is 0.358. The average Bonchev–Trinajstić information content (AvgIpc) is 2.35. The first-order valence-electron chi connectivity index (χ1n) is 6.91. The molecule has 0 aliphatic carbocycles. The van der Waals surface area contributed by atoms with Crippen LogP contribution in [0.3, 0.4) is 0 Å². The molecule has 1 unspecified atom stereocenters. The van der Waals surface area contributed by atoms with Gasteiger partial charge >= 0.3 is 0 Å². The highest BCUT2D eigenvalue weighted by molar-refractivity contribution is 5.03. The van der Waals surface area contributed by atoms with Crippen LogP contribution in [0, 0.1) is 11.3 Å². The minimum atomic E-state index is -0.358. The largest absolute Gasteiger partial charge is 0.385 e. The van der Waals surface area contributed by atoms with E-state index < -0.39 is 0 Å². The molecule has 1 N–H and O–H groups in total. The second-order valence-corrected chi connectivity index (χ2v) is 5.08. The molecule has 0 fully saturated rings. The van der Waals surface area contributed by atoms with E-state index in [2.05, 4.69) is 23.3 Å². The Morgan fingerprint density at radius 1 is 1.28 bits per heavy atom. The minimum Gasteiger partial charge on any atom is -0.385 e. The molecule has 0 amide bonds. The number of methoxy groups -OCH3 is 1. The molecule has 0 heterocycles. The van der Waals surface area contributed by atoms with Crippen molar-refractivity contribution >= 4 is 0 Å². The van der Waals surface area contributed by atoms with Gasteiger partial charge < -0.3 is 9.64 Å². The summed E-state index contributed by atoms with van der Waals surface area (Å²) in [4.78, 5) is 2.33. The molecule has 0 radical (unpaired) electrons. The van der Waals surface area contributed by atoms with Crippen molar-refractivity contribution < 1.29 is 4.74 Å². The molecule has 0 saturated heterocycles. The number of nitrogens with one attached hydrogen (secondary N) is 1. The number of rotatable bonds is 11. The van der Waals surface area contributed by atoms with Gasteiger partial charge in [0.1, 0.15) is 5.54 Å². The third-order valence-corrected chi connectivity index (χ3v) is 3.17. The van der Waals surface area contributed by atoms with Crippen molar-refractivity contribution in [3.05, 3.63) is 0 Å². The maximum atomic E-state index is 9.13. The van der Waals surface area contributed by atoms with E-state index in [1.807, 2.05) is 13.8 Å². The van der Waals surface area contributed by atoms with E-state index in [0.29, 0.717) is 0 Å². The number of ether oxygens (including phenoxy) is 1. The Morgan fingerprint density at radius 2 is 1.94 bits per heavy atom. The van der Waals surface area contributed by atoms with Gasteiger partial charge in [0.05, 0.1) is 6.07 Å². The summed E-state index contributed by atoms with van der Waals surface area (Å²) < 4.78 is 5.03. The first kappa shape index (κ1) is 17.4. The highest BCUT2D eigenvalue weighted by Gasteiger charge is 2.21. The Labute approximate surface area is 112 Å². The van der Waals surface area contributed by atoms with Gasteiger partial charge in [-0.1, -0.05) is 6.92 Å². The summed E-state index contributed by atoms with van der Waals surface area (Å²) in [6.07, 6.45) is 4.24. The molecule has 0 aromatic carbocycles. The Hall–Kier alpha value is -0.630. The molecule has 0 aromatic heterocycles. The normalized spacial score (nSPS) is 14.4. The molecule has 0 aliphatic heterocycles. The highest BCUT2D eigenvalue weighted by Crippen LogP contribution is 2.12. The van der Waals surface area contributed by atoms with Crippen molar-refractivity contribution in [2.75, 3.05) is 40.4 Å². The zero-order valence-corrected chi connectivity index (χ0v) is 12.5. The molecule has 106 valence electrons. The molecule has 0 aromatic rings. The quantitative estimate of drug-likeness (QED) is 0.574. The lowest BCUT2D eigenvalue weighted by Crippen LogP contribution is -2.40. The first-order chi connectivity index (χ1) is 8.58. The number of hydrogen-bond acceptors (Lipinski definition) is 4. The molecule has 0 spiro atoms. The Bertz CT molecular complexity index is 240. The maximum Gasteiger partial charge on any atom is 0.103 e. The van der Waals surface area contributed by atoms with Gasteiger partial charge in [-0.05, 0) is 52.7 Å². The monoisotopic (exact) mass is 255 g/mol. The fourth-order valence-corrected chi connectivity index (χ4v) is 2.02. The predicted molar refractivity (Wildman–Crippen MR) is 75.5 cm³/mol. The summed E-state index contributed by atoms with van der Waals surface area (Å²) >= 11 is 0. The smallest absolute Gasteiger partial charge is 0.103 e. The predicted octanol–water partition coefficient (Wildman–Crippen LogP) is 2.02. The number of hydrogen-bond donors (Lipinski definition) is 1. The topological polar surface area (TPSA) is 48.3 Å². The van der Waals surface area contributed by atoms with Gasteiger partial charge in [0.15, 0.2) is 0 Å². The maximum absolute atomic E-state index is 9.13. The number of unbranched alkanes of at least 4 members (excludes halogenated alkanes) is 1. The van der Waals surface area contributed by atoms with Crippen molar-refractivity contribution in [1.29, 1.82) is 5.26 Å². The van der Waals surface area contributed by atoms with Crippen LogP contribution in [-0.4, -0.2) is 50.8 Å². The van der Waals surface area contributed by atoms with Crippen LogP contribution in [0.25, 0.3) is 0 Å². The summed E-state index contributed by atoms with van der Waals surface area (Å²) in [6, 6.07) is 2.37. The lowest BCUT2D eigenvalue weighted by atomic mass is 9.96. The van der Waals surface area contributed by atoms with Crippen molar-refractivity contribution in [2.45, 2.75) is 45.1 Å². The molecule has 4 heteroatoms. The fourth-order valence-electron chi connectivity index (χ4n) is 2.02. The van der Waals surface area contributed by atoms with Crippen LogP contribution in [-0.2, 0) is 4.74 Å². The molecule has 0 aliphatic rings. The average molecular weight is 255 g/mol. The van der Waals surface area contributed by atoms with E-state index in [0.717, 1.165) is 51.9 Å². The molecule has 1 atom stereocenters. The van der Waals surface area contributed by atoms with E-state index in [4.69, 9.17) is 10.00 Å². The van der Waals surface area contributed by atoms with E-state index in [1.54, 1.807) is 7.11 Å². The van der Waals surface area contributed by atoms with Gasteiger partial charge in [-0.25, -0.2) is 0 Å². The number of nitrogens with zero attached hydrogens (tertiary/aromatic N) is 2. The second-order valence-electron chi connectivity index (χ2n) is 5.08. The summed E-state index contributed by atoms with van der Waals surface area (Å²) in [7, 11) is 3.88. The van der Waals surface area contributed by atoms with Crippen LogP contribution in [0.2, 0.25) is 0 Å². The van der Waals surface area contributed by atoms with Crippen molar-refractivity contribution in [3.63, 3.8) is 0 Å². The van der Waals surface area contributed by atoms with Gasteiger partial charge in [-0.15, -0.1) is 0 Å². The van der Waals surface area contributed by atoms with Crippen LogP contribution in [0.4, 0.5) is 0 Å². The molecule has 0 saturated carbocycles. The van der Waals surface area contributed by atoms with Gasteiger partial charge in [-0.3, -0.25) is 5.32 Å². The second kappa shape index (κ2) is 10.3.